The topological polar surface area (TPSA) is 32.8 Å². The Morgan fingerprint density at radius 2 is 2.00 bits per heavy atom. The summed E-state index contributed by atoms with van der Waals surface area (Å²) in [5.74, 6) is 1.51. The molecule has 0 atom stereocenters. The number of hydrogen-bond donors (Lipinski definition) is 0. The van der Waals surface area contributed by atoms with E-state index in [0.29, 0.717) is 18.4 Å². The number of piperidine rings is 1. The van der Waals surface area contributed by atoms with Crippen molar-refractivity contribution in [3.05, 3.63) is 0 Å². The summed E-state index contributed by atoms with van der Waals surface area (Å²) < 4.78 is 5.17. The van der Waals surface area contributed by atoms with Crippen LogP contribution in [0.15, 0.2) is 0 Å². The van der Waals surface area contributed by atoms with Crippen LogP contribution in [0.5, 0.6) is 0 Å². The van der Waals surface area contributed by atoms with Crippen molar-refractivity contribution in [3.63, 3.8) is 0 Å². The number of hydrogen-bond acceptors (Lipinski definition) is 3. The van der Waals surface area contributed by atoms with Gasteiger partial charge < -0.3 is 9.64 Å². The number of rotatable bonds is 6. The van der Waals surface area contributed by atoms with Crippen LogP contribution in [0.1, 0.15) is 26.7 Å². The maximum atomic E-state index is 12.1. The van der Waals surface area contributed by atoms with Crippen molar-refractivity contribution in [2.75, 3.05) is 46.9 Å². The lowest BCUT2D eigenvalue weighted by molar-refractivity contribution is -0.133. The van der Waals surface area contributed by atoms with Crippen LogP contribution in [0.2, 0.25) is 0 Å². The fraction of sp³-hybridized carbons (Fsp3) is 0.929. The summed E-state index contributed by atoms with van der Waals surface area (Å²) in [6.07, 6.45) is 2.15. The number of ether oxygens (including phenoxy) is 1. The standard InChI is InChI=1S/C14H28N2O2/c1-12(2)9-15(3)10-14(17)16-7-5-13(6-8-16)11-18-4/h12-13H,5-11H2,1-4H3. The average molecular weight is 256 g/mol. The Morgan fingerprint density at radius 1 is 1.39 bits per heavy atom. The number of amides is 1. The van der Waals surface area contributed by atoms with E-state index in [-0.39, 0.29) is 5.91 Å². The molecule has 4 heteroatoms. The van der Waals surface area contributed by atoms with Gasteiger partial charge in [0, 0.05) is 33.4 Å². The van der Waals surface area contributed by atoms with Gasteiger partial charge in [-0.2, -0.15) is 0 Å². The van der Waals surface area contributed by atoms with Crippen molar-refractivity contribution in [2.45, 2.75) is 26.7 Å². The van der Waals surface area contributed by atoms with Crippen molar-refractivity contribution >= 4 is 5.91 Å². The highest BCUT2D eigenvalue weighted by atomic mass is 16.5. The third kappa shape index (κ3) is 5.36. The van der Waals surface area contributed by atoms with Gasteiger partial charge >= 0.3 is 0 Å². The van der Waals surface area contributed by atoms with Crippen LogP contribution in [-0.2, 0) is 9.53 Å². The van der Waals surface area contributed by atoms with Gasteiger partial charge in [0.1, 0.15) is 0 Å². The molecule has 106 valence electrons. The largest absolute Gasteiger partial charge is 0.384 e. The number of methoxy groups -OCH3 is 1. The zero-order chi connectivity index (χ0) is 13.5. The van der Waals surface area contributed by atoms with Crippen LogP contribution in [0, 0.1) is 11.8 Å². The van der Waals surface area contributed by atoms with Gasteiger partial charge in [-0.3, -0.25) is 9.69 Å². The number of likely N-dealkylation sites (tertiary alicyclic amines) is 1. The predicted molar refractivity (Wildman–Crippen MR) is 73.5 cm³/mol. The van der Waals surface area contributed by atoms with Crippen molar-refractivity contribution < 1.29 is 9.53 Å². The first kappa shape index (κ1) is 15.4. The highest BCUT2D eigenvalue weighted by molar-refractivity contribution is 5.78. The third-order valence-corrected chi connectivity index (χ3v) is 3.45. The van der Waals surface area contributed by atoms with Crippen molar-refractivity contribution in [1.29, 1.82) is 0 Å². The van der Waals surface area contributed by atoms with Crippen molar-refractivity contribution in [3.8, 4) is 0 Å². The van der Waals surface area contributed by atoms with Crippen LogP contribution in [0.25, 0.3) is 0 Å². The van der Waals surface area contributed by atoms with Crippen LogP contribution in [0.3, 0.4) is 0 Å². The summed E-state index contributed by atoms with van der Waals surface area (Å²) in [6, 6.07) is 0. The monoisotopic (exact) mass is 256 g/mol. The second kappa shape index (κ2) is 7.74. The van der Waals surface area contributed by atoms with Crippen LogP contribution in [0.4, 0.5) is 0 Å². The molecule has 0 aromatic carbocycles. The normalized spacial score (nSPS) is 17.8. The summed E-state index contributed by atoms with van der Waals surface area (Å²) in [4.78, 5) is 16.2. The first-order valence-electron chi connectivity index (χ1n) is 6.98. The molecular weight excluding hydrogens is 228 g/mol. The van der Waals surface area contributed by atoms with E-state index in [0.717, 1.165) is 39.1 Å². The van der Waals surface area contributed by atoms with Gasteiger partial charge in [-0.05, 0) is 31.7 Å². The molecule has 0 radical (unpaired) electrons. The lowest BCUT2D eigenvalue weighted by atomic mass is 9.98. The summed E-state index contributed by atoms with van der Waals surface area (Å²) in [5.41, 5.74) is 0. The number of likely N-dealkylation sites (N-methyl/N-ethyl adjacent to an activating group) is 1. The van der Waals surface area contributed by atoms with Crippen LogP contribution in [-0.4, -0.2) is 62.7 Å². The molecule has 1 saturated heterocycles. The molecule has 0 aliphatic carbocycles. The Kier molecular flexibility index (Phi) is 6.65. The number of nitrogens with zero attached hydrogens (tertiary/aromatic N) is 2. The van der Waals surface area contributed by atoms with E-state index < -0.39 is 0 Å². The summed E-state index contributed by atoms with van der Waals surface area (Å²) in [5, 5.41) is 0. The summed E-state index contributed by atoms with van der Waals surface area (Å²) in [7, 11) is 3.77. The van der Waals surface area contributed by atoms with E-state index in [1.807, 2.05) is 11.9 Å². The molecule has 1 aliphatic heterocycles. The first-order chi connectivity index (χ1) is 8.52. The highest BCUT2D eigenvalue weighted by Gasteiger charge is 2.23. The molecule has 0 aromatic heterocycles. The lowest BCUT2D eigenvalue weighted by Crippen LogP contribution is -2.44. The fourth-order valence-corrected chi connectivity index (χ4v) is 2.60. The minimum atomic E-state index is 0.272. The molecule has 1 rings (SSSR count). The Hall–Kier alpha value is -0.610. The predicted octanol–water partition coefficient (Wildman–Crippen LogP) is 1.46. The molecule has 0 spiro atoms. The SMILES string of the molecule is COCC1CCN(C(=O)CN(C)CC(C)C)CC1. The van der Waals surface area contributed by atoms with Gasteiger partial charge in [0.25, 0.3) is 0 Å². The molecule has 0 aromatic rings. The maximum Gasteiger partial charge on any atom is 0.236 e. The Bertz CT molecular complexity index is 248. The Labute approximate surface area is 111 Å². The van der Waals surface area contributed by atoms with Crippen LogP contribution < -0.4 is 0 Å². The van der Waals surface area contributed by atoms with Gasteiger partial charge in [-0.1, -0.05) is 13.8 Å². The molecule has 18 heavy (non-hydrogen) atoms. The molecule has 4 nitrogen and oxygen atoms in total. The maximum absolute atomic E-state index is 12.1. The van der Waals surface area contributed by atoms with Crippen LogP contribution >= 0.6 is 0 Å². The number of carbonyl (C=O) groups is 1. The van der Waals surface area contributed by atoms with Crippen molar-refractivity contribution in [2.24, 2.45) is 11.8 Å². The van der Waals surface area contributed by atoms with Gasteiger partial charge in [-0.15, -0.1) is 0 Å². The molecule has 0 bridgehead atoms. The van der Waals surface area contributed by atoms with Gasteiger partial charge in [0.05, 0.1) is 6.54 Å². The minimum absolute atomic E-state index is 0.272. The Morgan fingerprint density at radius 3 is 2.50 bits per heavy atom. The van der Waals surface area contributed by atoms with Gasteiger partial charge in [0.2, 0.25) is 5.91 Å². The van der Waals surface area contributed by atoms with E-state index in [2.05, 4.69) is 18.7 Å². The van der Waals surface area contributed by atoms with E-state index in [1.165, 1.54) is 0 Å². The molecule has 0 saturated carbocycles. The minimum Gasteiger partial charge on any atom is -0.384 e. The first-order valence-corrected chi connectivity index (χ1v) is 6.98. The second-order valence-corrected chi connectivity index (χ2v) is 5.87. The highest BCUT2D eigenvalue weighted by Crippen LogP contribution is 2.17. The molecule has 1 fully saturated rings. The Balaban J connectivity index is 2.27. The van der Waals surface area contributed by atoms with Crippen molar-refractivity contribution in [1.82, 2.24) is 9.80 Å². The quantitative estimate of drug-likeness (QED) is 0.721. The smallest absolute Gasteiger partial charge is 0.236 e. The molecule has 0 unspecified atom stereocenters. The molecule has 1 aliphatic rings. The zero-order valence-corrected chi connectivity index (χ0v) is 12.3. The van der Waals surface area contributed by atoms with E-state index >= 15 is 0 Å². The summed E-state index contributed by atoms with van der Waals surface area (Å²) in [6.45, 7) is 8.49. The second-order valence-electron chi connectivity index (χ2n) is 5.87. The molecule has 1 heterocycles. The van der Waals surface area contributed by atoms with Gasteiger partial charge in [0.15, 0.2) is 0 Å². The number of carbonyl (C=O) groups excluding carboxylic acids is 1. The van der Waals surface area contributed by atoms with Gasteiger partial charge in [-0.25, -0.2) is 0 Å². The average Bonchev–Trinajstić information content (AvgIpc) is 2.29. The third-order valence-electron chi connectivity index (χ3n) is 3.45. The molecule has 0 N–H and O–H groups in total. The zero-order valence-electron chi connectivity index (χ0n) is 12.3. The van der Waals surface area contributed by atoms with E-state index in [1.54, 1.807) is 7.11 Å². The molecule has 1 amide bonds. The van der Waals surface area contributed by atoms with E-state index in [9.17, 15) is 4.79 Å². The lowest BCUT2D eigenvalue weighted by Gasteiger charge is -2.33. The van der Waals surface area contributed by atoms with E-state index in [4.69, 9.17) is 4.74 Å². The summed E-state index contributed by atoms with van der Waals surface area (Å²) >= 11 is 0. The molecular formula is C14H28N2O2. The fourth-order valence-electron chi connectivity index (χ4n) is 2.60.